The lowest BCUT2D eigenvalue weighted by molar-refractivity contribution is 0.0864. The van der Waals surface area contributed by atoms with Crippen molar-refractivity contribution in [2.75, 3.05) is 70.9 Å². The second kappa shape index (κ2) is 12.2. The Hall–Kier alpha value is -0.130. The lowest BCUT2D eigenvalue weighted by Gasteiger charge is -2.43. The number of guanidine groups is 1. The maximum Gasteiger partial charge on any atom is 0.193 e. The Bertz CT molecular complexity index is 628. The summed E-state index contributed by atoms with van der Waals surface area (Å²) in [5.74, 6) is 3.33. The fourth-order valence-corrected chi connectivity index (χ4v) is 6.34. The molecular weight excluding hydrogens is 513 g/mol. The first-order chi connectivity index (χ1) is 13.9. The standard InChI is InChI=1S/C21H41N5O2S.HI/c1-18(2)19-4-6-20(7-5-19)25-10-12-26(13-11-25)21(22-3)23-8-9-24-14-16-29(27,28)17-15-24;/h18-20H,4-17H2,1-3H3,(H,22,23);1H. The Morgan fingerprint density at radius 1 is 1.00 bits per heavy atom. The molecule has 30 heavy (non-hydrogen) atoms. The van der Waals surface area contributed by atoms with Crippen molar-refractivity contribution in [2.24, 2.45) is 16.8 Å². The third-order valence-corrected chi connectivity index (χ3v) is 8.78. The number of halogens is 1. The number of nitrogens with one attached hydrogen (secondary N) is 1. The zero-order valence-corrected chi connectivity index (χ0v) is 22.2. The molecule has 3 aliphatic rings. The summed E-state index contributed by atoms with van der Waals surface area (Å²) < 4.78 is 23.1. The monoisotopic (exact) mass is 555 g/mol. The van der Waals surface area contributed by atoms with E-state index in [1.165, 1.54) is 25.7 Å². The van der Waals surface area contributed by atoms with Gasteiger partial charge < -0.3 is 10.2 Å². The van der Waals surface area contributed by atoms with Crippen LogP contribution in [0.5, 0.6) is 0 Å². The van der Waals surface area contributed by atoms with Crippen LogP contribution in [0.3, 0.4) is 0 Å². The summed E-state index contributed by atoms with van der Waals surface area (Å²) >= 11 is 0. The number of hydrogen-bond acceptors (Lipinski definition) is 5. The van der Waals surface area contributed by atoms with E-state index in [-0.39, 0.29) is 24.0 Å². The van der Waals surface area contributed by atoms with Gasteiger partial charge in [0.1, 0.15) is 0 Å². The number of nitrogens with zero attached hydrogens (tertiary/aromatic N) is 4. The number of sulfone groups is 1. The molecule has 1 saturated carbocycles. The molecule has 7 nitrogen and oxygen atoms in total. The van der Waals surface area contributed by atoms with Crippen LogP contribution in [-0.4, -0.2) is 106 Å². The van der Waals surface area contributed by atoms with Gasteiger partial charge in [0.15, 0.2) is 15.8 Å². The van der Waals surface area contributed by atoms with E-state index in [2.05, 4.69) is 38.9 Å². The molecule has 176 valence electrons. The first kappa shape index (κ1) is 26.1. The molecule has 2 heterocycles. The minimum Gasteiger partial charge on any atom is -0.355 e. The second-order valence-corrected chi connectivity index (χ2v) is 11.6. The third kappa shape index (κ3) is 7.48. The van der Waals surface area contributed by atoms with Crippen LogP contribution in [0.2, 0.25) is 0 Å². The van der Waals surface area contributed by atoms with E-state index in [0.717, 1.165) is 63.1 Å². The molecule has 0 amide bonds. The molecule has 2 aliphatic heterocycles. The summed E-state index contributed by atoms with van der Waals surface area (Å²) in [4.78, 5) is 11.8. The topological polar surface area (TPSA) is 68.2 Å². The highest BCUT2D eigenvalue weighted by molar-refractivity contribution is 14.0. The van der Waals surface area contributed by atoms with Crippen LogP contribution < -0.4 is 5.32 Å². The number of rotatable bonds is 5. The Labute approximate surface area is 201 Å². The molecule has 0 atom stereocenters. The van der Waals surface area contributed by atoms with Crippen LogP contribution in [0.1, 0.15) is 39.5 Å². The predicted molar refractivity (Wildman–Crippen MR) is 136 cm³/mol. The number of piperazine rings is 1. The van der Waals surface area contributed by atoms with Gasteiger partial charge in [-0.1, -0.05) is 13.8 Å². The fourth-order valence-electron chi connectivity index (χ4n) is 5.06. The van der Waals surface area contributed by atoms with Crippen LogP contribution in [0.25, 0.3) is 0 Å². The molecule has 3 fully saturated rings. The maximum absolute atomic E-state index is 11.5. The van der Waals surface area contributed by atoms with Crippen molar-refractivity contribution < 1.29 is 8.42 Å². The average Bonchev–Trinajstić information content (AvgIpc) is 2.72. The van der Waals surface area contributed by atoms with Gasteiger partial charge in [0.05, 0.1) is 11.5 Å². The minimum absolute atomic E-state index is 0. The third-order valence-electron chi connectivity index (χ3n) is 7.17. The first-order valence-corrected chi connectivity index (χ1v) is 13.3. The predicted octanol–water partition coefficient (Wildman–Crippen LogP) is 1.74. The Kier molecular flexibility index (Phi) is 10.6. The van der Waals surface area contributed by atoms with Crippen molar-refractivity contribution in [3.8, 4) is 0 Å². The molecule has 0 bridgehead atoms. The highest BCUT2D eigenvalue weighted by atomic mass is 127. The van der Waals surface area contributed by atoms with E-state index in [4.69, 9.17) is 0 Å². The van der Waals surface area contributed by atoms with Crippen LogP contribution in [0, 0.1) is 11.8 Å². The molecule has 1 N–H and O–H groups in total. The van der Waals surface area contributed by atoms with Gasteiger partial charge in [-0.3, -0.25) is 14.8 Å². The van der Waals surface area contributed by atoms with Gasteiger partial charge in [-0.05, 0) is 37.5 Å². The van der Waals surface area contributed by atoms with E-state index in [1.54, 1.807) is 0 Å². The molecule has 0 radical (unpaired) electrons. The molecule has 9 heteroatoms. The fraction of sp³-hybridized carbons (Fsp3) is 0.952. The zero-order chi connectivity index (χ0) is 20.9. The number of hydrogen-bond donors (Lipinski definition) is 1. The maximum atomic E-state index is 11.5. The molecule has 3 rings (SSSR count). The van der Waals surface area contributed by atoms with Crippen LogP contribution in [-0.2, 0) is 9.84 Å². The van der Waals surface area contributed by atoms with Crippen molar-refractivity contribution in [2.45, 2.75) is 45.6 Å². The van der Waals surface area contributed by atoms with Crippen molar-refractivity contribution >= 4 is 39.8 Å². The van der Waals surface area contributed by atoms with E-state index in [9.17, 15) is 8.42 Å². The van der Waals surface area contributed by atoms with Gasteiger partial charge >= 0.3 is 0 Å². The molecular formula is C21H42IN5O2S. The lowest BCUT2D eigenvalue weighted by atomic mass is 9.79. The summed E-state index contributed by atoms with van der Waals surface area (Å²) in [5, 5.41) is 3.49. The molecule has 0 aromatic carbocycles. The van der Waals surface area contributed by atoms with Gasteiger partial charge in [0.25, 0.3) is 0 Å². The Morgan fingerprint density at radius 2 is 1.60 bits per heavy atom. The van der Waals surface area contributed by atoms with Crippen LogP contribution >= 0.6 is 24.0 Å². The normalized spacial score (nSPS) is 28.9. The molecule has 1 aliphatic carbocycles. The quantitative estimate of drug-likeness (QED) is 0.317. The lowest BCUT2D eigenvalue weighted by Crippen LogP contribution is -2.55. The van der Waals surface area contributed by atoms with Crippen molar-refractivity contribution in [1.29, 1.82) is 0 Å². The average molecular weight is 556 g/mol. The molecule has 0 aromatic rings. The van der Waals surface area contributed by atoms with Crippen molar-refractivity contribution in [3.63, 3.8) is 0 Å². The van der Waals surface area contributed by atoms with Gasteiger partial charge in [0, 0.05) is 65.4 Å². The smallest absolute Gasteiger partial charge is 0.193 e. The summed E-state index contributed by atoms with van der Waals surface area (Å²) in [6.45, 7) is 12.0. The highest BCUT2D eigenvalue weighted by Crippen LogP contribution is 2.32. The minimum atomic E-state index is -2.80. The molecule has 0 aromatic heterocycles. The van der Waals surface area contributed by atoms with Crippen LogP contribution in [0.15, 0.2) is 4.99 Å². The summed E-state index contributed by atoms with van der Waals surface area (Å²) in [6.07, 6.45) is 5.51. The Morgan fingerprint density at radius 3 is 2.13 bits per heavy atom. The van der Waals surface area contributed by atoms with Gasteiger partial charge in [-0.15, -0.1) is 24.0 Å². The van der Waals surface area contributed by atoms with Gasteiger partial charge in [-0.25, -0.2) is 8.42 Å². The summed E-state index contributed by atoms with van der Waals surface area (Å²) in [7, 11) is -0.943. The van der Waals surface area contributed by atoms with E-state index >= 15 is 0 Å². The van der Waals surface area contributed by atoms with E-state index < -0.39 is 9.84 Å². The highest BCUT2D eigenvalue weighted by Gasteiger charge is 2.30. The molecule has 2 saturated heterocycles. The molecule has 0 spiro atoms. The van der Waals surface area contributed by atoms with Crippen molar-refractivity contribution in [3.05, 3.63) is 0 Å². The Balaban J connectivity index is 0.00000320. The van der Waals surface area contributed by atoms with Gasteiger partial charge in [0.2, 0.25) is 0 Å². The summed E-state index contributed by atoms with van der Waals surface area (Å²) in [5.41, 5.74) is 0. The largest absolute Gasteiger partial charge is 0.355 e. The second-order valence-electron chi connectivity index (χ2n) is 9.30. The SMILES string of the molecule is CN=C(NCCN1CCS(=O)(=O)CC1)N1CCN(C2CCC(C(C)C)CC2)CC1.I. The number of aliphatic imine (C=N–C) groups is 1. The van der Waals surface area contributed by atoms with E-state index in [0.29, 0.717) is 24.6 Å². The zero-order valence-electron chi connectivity index (χ0n) is 19.1. The van der Waals surface area contributed by atoms with Crippen LogP contribution in [0.4, 0.5) is 0 Å². The summed E-state index contributed by atoms with van der Waals surface area (Å²) in [6, 6.07) is 0.775. The van der Waals surface area contributed by atoms with Crippen molar-refractivity contribution in [1.82, 2.24) is 20.0 Å². The molecule has 0 unspecified atom stereocenters. The first-order valence-electron chi connectivity index (χ1n) is 11.5. The van der Waals surface area contributed by atoms with Gasteiger partial charge in [-0.2, -0.15) is 0 Å². The van der Waals surface area contributed by atoms with E-state index in [1.807, 2.05) is 7.05 Å².